The van der Waals surface area contributed by atoms with Gasteiger partial charge < -0.3 is 10.6 Å². The summed E-state index contributed by atoms with van der Waals surface area (Å²) in [5.41, 5.74) is 2.96. The largest absolute Gasteiger partial charge is 0.331 e. The van der Waals surface area contributed by atoms with E-state index in [1.165, 1.54) is 44.7 Å². The van der Waals surface area contributed by atoms with Crippen molar-refractivity contribution in [2.24, 2.45) is 0 Å². The van der Waals surface area contributed by atoms with E-state index in [1.54, 1.807) is 11.3 Å². The number of anilines is 3. The van der Waals surface area contributed by atoms with Crippen LogP contribution in [0.2, 0.25) is 0 Å². The summed E-state index contributed by atoms with van der Waals surface area (Å²) in [4.78, 5) is 15.9. The number of rotatable bonds is 4. The Bertz CT molecular complexity index is 647. The van der Waals surface area contributed by atoms with Crippen LogP contribution < -0.4 is 10.6 Å². The lowest BCUT2D eigenvalue weighted by molar-refractivity contribution is -0.114. The third-order valence-electron chi connectivity index (χ3n) is 3.98. The van der Waals surface area contributed by atoms with Crippen molar-refractivity contribution in [3.63, 3.8) is 0 Å². The summed E-state index contributed by atoms with van der Waals surface area (Å²) in [5, 5.41) is 9.22. The number of carbonyl (C=O) groups excluding carboxylic acids is 1. The highest BCUT2D eigenvalue weighted by Crippen LogP contribution is 2.34. The van der Waals surface area contributed by atoms with Crippen LogP contribution in [0, 0.1) is 0 Å². The van der Waals surface area contributed by atoms with Crippen LogP contribution in [0.15, 0.2) is 29.6 Å². The van der Waals surface area contributed by atoms with E-state index in [-0.39, 0.29) is 5.91 Å². The van der Waals surface area contributed by atoms with E-state index >= 15 is 0 Å². The molecule has 4 nitrogen and oxygen atoms in total. The molecule has 1 aliphatic rings. The Morgan fingerprint density at radius 1 is 1.23 bits per heavy atom. The molecule has 116 valence electrons. The van der Waals surface area contributed by atoms with Crippen molar-refractivity contribution < 1.29 is 4.79 Å². The average molecular weight is 315 g/mol. The monoisotopic (exact) mass is 315 g/mol. The number of aromatic nitrogens is 1. The second-order valence-corrected chi connectivity index (χ2v) is 6.66. The molecule has 1 aromatic carbocycles. The molecular weight excluding hydrogens is 294 g/mol. The van der Waals surface area contributed by atoms with Crippen molar-refractivity contribution >= 4 is 33.8 Å². The third-order valence-corrected chi connectivity index (χ3v) is 4.76. The zero-order valence-electron chi connectivity index (χ0n) is 12.8. The summed E-state index contributed by atoms with van der Waals surface area (Å²) in [6.45, 7) is 1.51. The maximum atomic E-state index is 11.1. The number of benzene rings is 1. The van der Waals surface area contributed by atoms with Gasteiger partial charge in [0.15, 0.2) is 5.13 Å². The van der Waals surface area contributed by atoms with Gasteiger partial charge in [-0.2, -0.15) is 0 Å². The minimum Gasteiger partial charge on any atom is -0.331 e. The fourth-order valence-corrected chi connectivity index (χ4v) is 3.74. The molecule has 5 heteroatoms. The molecule has 0 radical (unpaired) electrons. The van der Waals surface area contributed by atoms with Gasteiger partial charge in [-0.1, -0.05) is 25.3 Å². The number of amides is 1. The molecular formula is C17H21N3OS. The molecule has 1 heterocycles. The van der Waals surface area contributed by atoms with Crippen LogP contribution in [-0.2, 0) is 4.79 Å². The molecule has 22 heavy (non-hydrogen) atoms. The van der Waals surface area contributed by atoms with E-state index < -0.39 is 0 Å². The van der Waals surface area contributed by atoms with Crippen molar-refractivity contribution in [1.29, 1.82) is 0 Å². The number of nitrogens with zero attached hydrogens (tertiary/aromatic N) is 1. The van der Waals surface area contributed by atoms with Gasteiger partial charge in [0, 0.05) is 29.6 Å². The number of nitrogens with one attached hydrogen (secondary N) is 2. The average Bonchev–Trinajstić information content (AvgIpc) is 2.96. The van der Waals surface area contributed by atoms with Gasteiger partial charge in [0.2, 0.25) is 5.91 Å². The maximum Gasteiger partial charge on any atom is 0.221 e. The molecule has 1 aromatic heterocycles. The standard InChI is InChI=1S/C17H21N3OS/c1-12(21)18-14-8-5-9-15(10-14)19-17-20-16(11-22-17)13-6-3-2-4-7-13/h5,8-11,13H,2-4,6-7H2,1H3,(H,18,21)(H,19,20). The van der Waals surface area contributed by atoms with Gasteiger partial charge >= 0.3 is 0 Å². The zero-order chi connectivity index (χ0) is 15.4. The van der Waals surface area contributed by atoms with Crippen LogP contribution in [0.3, 0.4) is 0 Å². The number of thiazole rings is 1. The Morgan fingerprint density at radius 2 is 2.00 bits per heavy atom. The fraction of sp³-hybridized carbons (Fsp3) is 0.412. The van der Waals surface area contributed by atoms with Crippen LogP contribution in [-0.4, -0.2) is 10.9 Å². The smallest absolute Gasteiger partial charge is 0.221 e. The third kappa shape index (κ3) is 3.85. The van der Waals surface area contributed by atoms with Crippen molar-refractivity contribution in [3.05, 3.63) is 35.3 Å². The maximum absolute atomic E-state index is 11.1. The first-order valence-corrected chi connectivity index (χ1v) is 8.69. The van der Waals surface area contributed by atoms with Crippen molar-refractivity contribution in [3.8, 4) is 0 Å². The Labute approximate surface area is 135 Å². The molecule has 0 bridgehead atoms. The fourth-order valence-electron chi connectivity index (χ4n) is 2.93. The lowest BCUT2D eigenvalue weighted by Gasteiger charge is -2.19. The van der Waals surface area contributed by atoms with E-state index in [9.17, 15) is 4.79 Å². The molecule has 1 amide bonds. The van der Waals surface area contributed by atoms with Crippen LogP contribution in [0.5, 0.6) is 0 Å². The van der Waals surface area contributed by atoms with E-state index in [4.69, 9.17) is 4.98 Å². The molecule has 2 aromatic rings. The van der Waals surface area contributed by atoms with Gasteiger partial charge in [-0.05, 0) is 31.0 Å². The molecule has 0 saturated heterocycles. The predicted octanol–water partition coefficient (Wildman–Crippen LogP) is 4.89. The molecule has 0 spiro atoms. The lowest BCUT2D eigenvalue weighted by Crippen LogP contribution is -2.06. The van der Waals surface area contributed by atoms with Gasteiger partial charge in [0.05, 0.1) is 5.69 Å². The molecule has 2 N–H and O–H groups in total. The van der Waals surface area contributed by atoms with Crippen LogP contribution in [0.1, 0.15) is 50.6 Å². The molecule has 1 fully saturated rings. The van der Waals surface area contributed by atoms with E-state index in [0.717, 1.165) is 16.5 Å². The minimum atomic E-state index is -0.0639. The van der Waals surface area contributed by atoms with E-state index in [2.05, 4.69) is 16.0 Å². The SMILES string of the molecule is CC(=O)Nc1cccc(Nc2nc(C3CCCCC3)cs2)c1. The van der Waals surface area contributed by atoms with Gasteiger partial charge in [-0.15, -0.1) is 11.3 Å². The highest BCUT2D eigenvalue weighted by Gasteiger charge is 2.18. The molecule has 3 rings (SSSR count). The summed E-state index contributed by atoms with van der Waals surface area (Å²) in [5.74, 6) is 0.567. The number of hydrogen-bond acceptors (Lipinski definition) is 4. The topological polar surface area (TPSA) is 54.0 Å². The van der Waals surface area contributed by atoms with Crippen LogP contribution >= 0.6 is 11.3 Å². The summed E-state index contributed by atoms with van der Waals surface area (Å²) in [6.07, 6.45) is 6.54. The second-order valence-electron chi connectivity index (χ2n) is 5.80. The zero-order valence-corrected chi connectivity index (χ0v) is 13.6. The van der Waals surface area contributed by atoms with Gasteiger partial charge in [-0.25, -0.2) is 4.98 Å². The predicted molar refractivity (Wildman–Crippen MR) is 92.0 cm³/mol. The first-order chi connectivity index (χ1) is 10.7. The quantitative estimate of drug-likeness (QED) is 0.844. The molecule has 1 aliphatic carbocycles. The highest BCUT2D eigenvalue weighted by molar-refractivity contribution is 7.13. The minimum absolute atomic E-state index is 0.0639. The van der Waals surface area contributed by atoms with E-state index in [0.29, 0.717) is 5.92 Å². The molecule has 0 aliphatic heterocycles. The van der Waals surface area contributed by atoms with Crippen molar-refractivity contribution in [2.75, 3.05) is 10.6 Å². The normalized spacial score (nSPS) is 15.5. The Balaban J connectivity index is 1.68. The summed E-state index contributed by atoms with van der Waals surface area (Å²) in [6, 6.07) is 7.70. The Morgan fingerprint density at radius 3 is 2.77 bits per heavy atom. The van der Waals surface area contributed by atoms with Crippen molar-refractivity contribution in [2.45, 2.75) is 44.9 Å². The van der Waals surface area contributed by atoms with Gasteiger partial charge in [0.1, 0.15) is 0 Å². The number of carbonyl (C=O) groups is 1. The summed E-state index contributed by atoms with van der Waals surface area (Å²) < 4.78 is 0. The van der Waals surface area contributed by atoms with Crippen molar-refractivity contribution in [1.82, 2.24) is 4.98 Å². The molecule has 0 atom stereocenters. The summed E-state index contributed by atoms with van der Waals surface area (Å²) in [7, 11) is 0. The first kappa shape index (κ1) is 15.0. The second kappa shape index (κ2) is 6.92. The molecule has 0 unspecified atom stereocenters. The Hall–Kier alpha value is -1.88. The van der Waals surface area contributed by atoms with Gasteiger partial charge in [-0.3, -0.25) is 4.79 Å². The Kier molecular flexibility index (Phi) is 4.73. The number of hydrogen-bond donors (Lipinski definition) is 2. The first-order valence-electron chi connectivity index (χ1n) is 7.81. The van der Waals surface area contributed by atoms with Gasteiger partial charge in [0.25, 0.3) is 0 Å². The molecule has 1 saturated carbocycles. The highest BCUT2D eigenvalue weighted by atomic mass is 32.1. The van der Waals surface area contributed by atoms with Crippen LogP contribution in [0.25, 0.3) is 0 Å². The van der Waals surface area contributed by atoms with Crippen LogP contribution in [0.4, 0.5) is 16.5 Å². The lowest BCUT2D eigenvalue weighted by atomic mass is 9.87. The van der Waals surface area contributed by atoms with E-state index in [1.807, 2.05) is 24.3 Å². The summed E-state index contributed by atoms with van der Waals surface area (Å²) >= 11 is 1.65.